The third-order valence-corrected chi connectivity index (χ3v) is 7.91. The number of carbonyl (C=O) groups excluding carboxylic acids is 1. The number of aromatic nitrogens is 6. The number of nitrogens with one attached hydrogen (secondary N) is 3. The van der Waals surface area contributed by atoms with Gasteiger partial charge in [-0.1, -0.05) is 13.3 Å². The Hall–Kier alpha value is -4.48. The number of aliphatic hydroxyl groups is 1. The number of nitrogens with zero attached hydrogens (tertiary/aromatic N) is 4. The van der Waals surface area contributed by atoms with Crippen molar-refractivity contribution >= 4 is 44.9 Å². The molecule has 1 atom stereocenters. The molecule has 40 heavy (non-hydrogen) atoms. The smallest absolute Gasteiger partial charge is 0.169 e. The van der Waals surface area contributed by atoms with Crippen molar-refractivity contribution in [1.82, 2.24) is 30.1 Å². The number of ketones is 1. The molecule has 9 nitrogen and oxygen atoms in total. The van der Waals surface area contributed by atoms with Gasteiger partial charge < -0.3 is 15.4 Å². The van der Waals surface area contributed by atoms with Crippen LogP contribution in [0.5, 0.6) is 0 Å². The Bertz CT molecular complexity index is 1860. The van der Waals surface area contributed by atoms with Crippen LogP contribution in [0, 0.1) is 5.82 Å². The second-order valence-corrected chi connectivity index (χ2v) is 10.7. The predicted molar refractivity (Wildman–Crippen MR) is 155 cm³/mol. The van der Waals surface area contributed by atoms with E-state index in [4.69, 9.17) is 4.98 Å². The number of hydrogen-bond donors (Lipinski definition) is 4. The number of rotatable bonds is 9. The maximum atomic E-state index is 15.2. The first-order valence-electron chi connectivity index (χ1n) is 12.9. The molecular formula is C29H26FN7O2S. The Labute approximate surface area is 232 Å². The van der Waals surface area contributed by atoms with Gasteiger partial charge in [-0.05, 0) is 50.1 Å². The molecule has 0 spiro atoms. The molecule has 1 aromatic carbocycles. The van der Waals surface area contributed by atoms with E-state index in [9.17, 15) is 9.90 Å². The number of fused-ring (bicyclic) bond motifs is 2. The van der Waals surface area contributed by atoms with E-state index in [1.807, 2.05) is 18.2 Å². The van der Waals surface area contributed by atoms with E-state index in [2.05, 4.69) is 37.4 Å². The van der Waals surface area contributed by atoms with Gasteiger partial charge in [0.2, 0.25) is 0 Å². The summed E-state index contributed by atoms with van der Waals surface area (Å²) >= 11 is 1.41. The van der Waals surface area contributed by atoms with Crippen LogP contribution >= 0.6 is 11.3 Å². The molecule has 6 aromatic rings. The largest absolute Gasteiger partial charge is 0.374 e. The lowest BCUT2D eigenvalue weighted by atomic mass is 10.0. The maximum Gasteiger partial charge on any atom is 0.169 e. The fourth-order valence-electron chi connectivity index (χ4n) is 4.66. The second kappa shape index (κ2) is 10.6. The normalized spacial score (nSPS) is 12.3. The molecule has 0 fully saturated rings. The van der Waals surface area contributed by atoms with Crippen LogP contribution in [0.1, 0.15) is 42.8 Å². The molecule has 4 N–H and O–H groups in total. The molecule has 0 radical (unpaired) electrons. The van der Waals surface area contributed by atoms with Crippen molar-refractivity contribution in [2.75, 3.05) is 5.32 Å². The Morgan fingerprint density at radius 1 is 1.18 bits per heavy atom. The zero-order chi connectivity index (χ0) is 27.8. The highest BCUT2D eigenvalue weighted by atomic mass is 32.1. The number of unbranched alkanes of at least 4 members (excludes halogenated alkanes) is 1. The number of H-pyrrole nitrogens is 2. The van der Waals surface area contributed by atoms with E-state index >= 15 is 4.39 Å². The van der Waals surface area contributed by atoms with Gasteiger partial charge in [0.1, 0.15) is 23.3 Å². The van der Waals surface area contributed by atoms with Gasteiger partial charge in [0.05, 0.1) is 22.3 Å². The Balaban J connectivity index is 1.39. The monoisotopic (exact) mass is 555 g/mol. The molecule has 0 aliphatic carbocycles. The summed E-state index contributed by atoms with van der Waals surface area (Å²) in [5.41, 5.74) is 4.63. The van der Waals surface area contributed by atoms with E-state index < -0.39 is 12.0 Å². The highest BCUT2D eigenvalue weighted by Gasteiger charge is 2.19. The van der Waals surface area contributed by atoms with Crippen LogP contribution < -0.4 is 5.32 Å². The van der Waals surface area contributed by atoms with E-state index in [0.717, 1.165) is 23.3 Å². The van der Waals surface area contributed by atoms with Gasteiger partial charge in [0.15, 0.2) is 17.3 Å². The Morgan fingerprint density at radius 2 is 2.05 bits per heavy atom. The summed E-state index contributed by atoms with van der Waals surface area (Å²) in [6.45, 7) is 3.61. The highest BCUT2D eigenvalue weighted by molar-refractivity contribution is 7.17. The molecule has 1 unspecified atom stereocenters. The van der Waals surface area contributed by atoms with E-state index in [1.165, 1.54) is 17.4 Å². The van der Waals surface area contributed by atoms with E-state index in [0.29, 0.717) is 61.7 Å². The molecule has 0 aliphatic rings. The molecule has 0 amide bonds. The zero-order valence-corrected chi connectivity index (χ0v) is 22.6. The van der Waals surface area contributed by atoms with Gasteiger partial charge >= 0.3 is 0 Å². The number of Topliss-reactive ketones (excluding diaryl/α,β-unsaturated/α-hetero) is 1. The summed E-state index contributed by atoms with van der Waals surface area (Å²) < 4.78 is 15.2. The number of imidazole rings is 1. The van der Waals surface area contributed by atoms with Crippen LogP contribution in [0.25, 0.3) is 55.2 Å². The number of anilines is 1. The minimum atomic E-state index is -0.709. The summed E-state index contributed by atoms with van der Waals surface area (Å²) in [5.74, 6) is 0.0647. The summed E-state index contributed by atoms with van der Waals surface area (Å²) in [4.78, 5) is 30.1. The number of thiophene rings is 1. The lowest BCUT2D eigenvalue weighted by Gasteiger charge is -2.14. The van der Waals surface area contributed by atoms with Crippen molar-refractivity contribution in [3.8, 4) is 33.1 Å². The molecular weight excluding hydrogens is 529 g/mol. The van der Waals surface area contributed by atoms with E-state index in [1.54, 1.807) is 37.6 Å². The summed E-state index contributed by atoms with van der Waals surface area (Å²) in [7, 11) is 0. The van der Waals surface area contributed by atoms with E-state index in [-0.39, 0.29) is 5.78 Å². The quantitative estimate of drug-likeness (QED) is 0.117. The minimum Gasteiger partial charge on any atom is -0.374 e. The van der Waals surface area contributed by atoms with Crippen LogP contribution in [0.3, 0.4) is 0 Å². The standard InChI is InChI=1S/C29H26FN7O2S/c1-3-4-5-25(39)33-17-10-16(13-31-14-17)19-11-20-22(12-21(19)30)36-37-27(20)29-34-26-18(8-9-32-28(26)35-29)24-7-6-23(40-24)15(2)38/h6-14,25,33,39H,3-5H2,1-2H3,(H,36,37)(H,32,34,35). The summed E-state index contributed by atoms with van der Waals surface area (Å²) in [6.07, 6.45) is 6.65. The predicted octanol–water partition coefficient (Wildman–Crippen LogP) is 6.55. The third-order valence-electron chi connectivity index (χ3n) is 6.69. The van der Waals surface area contributed by atoms with Crippen molar-refractivity contribution in [2.24, 2.45) is 0 Å². The van der Waals surface area contributed by atoms with Crippen molar-refractivity contribution in [1.29, 1.82) is 0 Å². The van der Waals surface area contributed by atoms with Gasteiger partial charge in [-0.25, -0.2) is 14.4 Å². The number of benzene rings is 1. The molecule has 0 saturated heterocycles. The van der Waals surface area contributed by atoms with Gasteiger partial charge in [-0.3, -0.25) is 14.9 Å². The van der Waals surface area contributed by atoms with Gasteiger partial charge in [0.25, 0.3) is 0 Å². The van der Waals surface area contributed by atoms with Crippen LogP contribution in [0.4, 0.5) is 10.1 Å². The topological polar surface area (TPSA) is 132 Å². The minimum absolute atomic E-state index is 0.0134. The second-order valence-electron chi connectivity index (χ2n) is 9.58. The summed E-state index contributed by atoms with van der Waals surface area (Å²) in [5, 5.41) is 21.3. The molecule has 11 heteroatoms. The number of pyridine rings is 2. The van der Waals surface area contributed by atoms with Crippen LogP contribution in [0.15, 0.2) is 55.0 Å². The molecule has 202 valence electrons. The molecule has 0 aliphatic heterocycles. The third kappa shape index (κ3) is 4.85. The van der Waals surface area contributed by atoms with Crippen molar-refractivity contribution in [3.05, 3.63) is 65.7 Å². The van der Waals surface area contributed by atoms with Crippen molar-refractivity contribution in [2.45, 2.75) is 39.3 Å². The van der Waals surface area contributed by atoms with Crippen molar-refractivity contribution < 1.29 is 14.3 Å². The first-order chi connectivity index (χ1) is 19.4. The number of hydrogen-bond acceptors (Lipinski definition) is 8. The Morgan fingerprint density at radius 3 is 2.85 bits per heavy atom. The molecule has 5 aromatic heterocycles. The van der Waals surface area contributed by atoms with Crippen molar-refractivity contribution in [3.63, 3.8) is 0 Å². The number of halogens is 1. The fourth-order valence-corrected chi connectivity index (χ4v) is 5.59. The molecule has 6 rings (SSSR count). The SMILES string of the molecule is CCCCC(O)Nc1cncc(-c2cc3c(-c4nc5c(-c6ccc(C(C)=O)s6)ccnc5[nH]4)n[nH]c3cc2F)c1. The lowest BCUT2D eigenvalue weighted by molar-refractivity contribution is 0.102. The highest BCUT2D eigenvalue weighted by Crippen LogP contribution is 2.36. The lowest BCUT2D eigenvalue weighted by Crippen LogP contribution is -2.18. The molecule has 5 heterocycles. The molecule has 0 saturated carbocycles. The summed E-state index contributed by atoms with van der Waals surface area (Å²) in [6, 6.07) is 10.5. The number of aliphatic hydroxyl groups excluding tert-OH is 1. The fraction of sp³-hybridized carbons (Fsp3) is 0.207. The van der Waals surface area contributed by atoms with Crippen LogP contribution in [-0.4, -0.2) is 47.3 Å². The van der Waals surface area contributed by atoms with Crippen LogP contribution in [-0.2, 0) is 0 Å². The van der Waals surface area contributed by atoms with Crippen LogP contribution in [0.2, 0.25) is 0 Å². The van der Waals surface area contributed by atoms with Gasteiger partial charge in [-0.15, -0.1) is 11.3 Å². The average Bonchev–Trinajstić information content (AvgIpc) is 3.69. The first-order valence-corrected chi connectivity index (χ1v) is 13.8. The van der Waals surface area contributed by atoms with Gasteiger partial charge in [-0.2, -0.15) is 5.10 Å². The Kier molecular flexibility index (Phi) is 6.82. The maximum absolute atomic E-state index is 15.2. The zero-order valence-electron chi connectivity index (χ0n) is 21.8. The number of carbonyl (C=O) groups is 1. The van der Waals surface area contributed by atoms with Gasteiger partial charge in [0, 0.05) is 45.4 Å². The molecule has 0 bridgehead atoms. The number of aromatic amines is 2. The average molecular weight is 556 g/mol. The first kappa shape index (κ1) is 25.8.